The second kappa shape index (κ2) is 6.06. The molecule has 0 amide bonds. The van der Waals surface area contributed by atoms with E-state index in [-0.39, 0.29) is 0 Å². The molecule has 0 radical (unpaired) electrons. The Hall–Kier alpha value is -4.13. The van der Waals surface area contributed by atoms with Crippen LogP contribution >= 0.6 is 0 Å². The standard InChI is InChI=1S/C23H13N3/c1-5-18-16(11-25)9-17(12-26)23-20-8-6-7-19(13(2)10-24)21(20)14(3)15(4)22(18)23/h5-9H,1-4H2. The van der Waals surface area contributed by atoms with Crippen molar-refractivity contribution in [3.8, 4) is 18.2 Å². The molecule has 26 heavy (non-hydrogen) atoms. The SMILES string of the molecule is C=Cc1c(C#N)cc(C#N)c2c1c(=C)c(=C)c1c(C(=C)C#N)cccc12. The maximum Gasteiger partial charge on any atom is 0.0998 e. The van der Waals surface area contributed by atoms with E-state index in [1.165, 1.54) is 0 Å². The first-order chi connectivity index (χ1) is 12.5. The molecule has 0 N–H and O–H groups in total. The average Bonchev–Trinajstić information content (AvgIpc) is 2.68. The second-order valence-corrected chi connectivity index (χ2v) is 5.84. The summed E-state index contributed by atoms with van der Waals surface area (Å²) in [7, 11) is 0. The number of nitriles is 3. The third-order valence-electron chi connectivity index (χ3n) is 4.57. The van der Waals surface area contributed by atoms with Gasteiger partial charge >= 0.3 is 0 Å². The monoisotopic (exact) mass is 331 g/mol. The first kappa shape index (κ1) is 16.7. The molecule has 0 spiro atoms. The summed E-state index contributed by atoms with van der Waals surface area (Å²) in [5.41, 5.74) is 2.34. The van der Waals surface area contributed by atoms with Gasteiger partial charge in [-0.15, -0.1) is 0 Å². The van der Waals surface area contributed by atoms with E-state index in [0.717, 1.165) is 10.8 Å². The molecule has 3 rings (SSSR count). The lowest BCUT2D eigenvalue weighted by molar-refractivity contribution is 1.46. The van der Waals surface area contributed by atoms with E-state index in [9.17, 15) is 15.8 Å². The Bertz CT molecular complexity index is 1370. The zero-order valence-corrected chi connectivity index (χ0v) is 14.1. The maximum absolute atomic E-state index is 9.67. The Balaban J connectivity index is 2.82. The second-order valence-electron chi connectivity index (χ2n) is 5.84. The molecule has 3 aromatic rings. The summed E-state index contributed by atoms with van der Waals surface area (Å²) in [5, 5.41) is 32.6. The highest BCUT2D eigenvalue weighted by Gasteiger charge is 2.17. The Labute approximate surface area is 150 Å². The van der Waals surface area contributed by atoms with Crippen LogP contribution in [0.4, 0.5) is 0 Å². The van der Waals surface area contributed by atoms with Crippen LogP contribution in [0.3, 0.4) is 0 Å². The average molecular weight is 331 g/mol. The van der Waals surface area contributed by atoms with Gasteiger partial charge in [0.25, 0.3) is 0 Å². The third kappa shape index (κ3) is 2.11. The molecule has 0 aliphatic rings. The largest absolute Gasteiger partial charge is 0.192 e. The van der Waals surface area contributed by atoms with E-state index < -0.39 is 0 Å². The van der Waals surface area contributed by atoms with E-state index in [1.807, 2.05) is 12.1 Å². The number of hydrogen-bond acceptors (Lipinski definition) is 3. The predicted octanol–water partition coefficient (Wildman–Crippen LogP) is 3.74. The van der Waals surface area contributed by atoms with Crippen molar-refractivity contribution in [3.63, 3.8) is 0 Å². The molecule has 3 nitrogen and oxygen atoms in total. The number of benzene rings is 3. The molecule has 0 atom stereocenters. The number of nitrogens with zero attached hydrogens (tertiary/aromatic N) is 3. The van der Waals surface area contributed by atoms with Gasteiger partial charge in [0.2, 0.25) is 0 Å². The van der Waals surface area contributed by atoms with Gasteiger partial charge in [-0.2, -0.15) is 15.8 Å². The first-order valence-electron chi connectivity index (χ1n) is 7.75. The van der Waals surface area contributed by atoms with E-state index in [0.29, 0.717) is 49.0 Å². The highest BCUT2D eigenvalue weighted by Crippen LogP contribution is 2.32. The summed E-state index contributed by atoms with van der Waals surface area (Å²) in [5.74, 6) is 0. The maximum atomic E-state index is 9.67. The van der Waals surface area contributed by atoms with Gasteiger partial charge in [0, 0.05) is 16.5 Å². The van der Waals surface area contributed by atoms with Crippen LogP contribution in [0.5, 0.6) is 0 Å². The molecule has 3 heteroatoms. The van der Waals surface area contributed by atoms with Crippen LogP contribution in [-0.4, -0.2) is 0 Å². The summed E-state index contributed by atoms with van der Waals surface area (Å²) in [6.45, 7) is 15.9. The fraction of sp³-hybridized carbons (Fsp3) is 0. The van der Waals surface area contributed by atoms with E-state index in [4.69, 9.17) is 0 Å². The van der Waals surface area contributed by atoms with Crippen LogP contribution in [0, 0.1) is 34.0 Å². The number of rotatable bonds is 2. The van der Waals surface area contributed by atoms with Gasteiger partial charge in [0.1, 0.15) is 0 Å². The van der Waals surface area contributed by atoms with Crippen molar-refractivity contribution in [2.75, 3.05) is 0 Å². The molecule has 120 valence electrons. The van der Waals surface area contributed by atoms with E-state index in [2.05, 4.69) is 44.5 Å². The summed E-state index contributed by atoms with van der Waals surface area (Å²) in [4.78, 5) is 0. The van der Waals surface area contributed by atoms with Crippen LogP contribution in [-0.2, 0) is 0 Å². The van der Waals surface area contributed by atoms with Crippen molar-refractivity contribution in [3.05, 3.63) is 70.1 Å². The summed E-state index contributed by atoms with van der Waals surface area (Å²) in [6.07, 6.45) is 1.60. The molecule has 0 bridgehead atoms. The highest BCUT2D eigenvalue weighted by atomic mass is 14.3. The number of fused-ring (bicyclic) bond motifs is 3. The third-order valence-corrected chi connectivity index (χ3v) is 4.57. The molecular formula is C23H13N3. The van der Waals surface area contributed by atoms with Gasteiger partial charge < -0.3 is 0 Å². The lowest BCUT2D eigenvalue weighted by atomic mass is 9.87. The Morgan fingerprint density at radius 3 is 2.15 bits per heavy atom. The quantitative estimate of drug-likeness (QED) is 0.530. The van der Waals surface area contributed by atoms with Crippen LogP contribution < -0.4 is 10.4 Å². The Kier molecular flexibility index (Phi) is 3.90. The summed E-state index contributed by atoms with van der Waals surface area (Å²) < 4.78 is 0. The van der Waals surface area contributed by atoms with E-state index in [1.54, 1.807) is 18.2 Å². The fourth-order valence-electron chi connectivity index (χ4n) is 3.38. The van der Waals surface area contributed by atoms with Gasteiger partial charge in [-0.3, -0.25) is 0 Å². The van der Waals surface area contributed by atoms with Crippen molar-refractivity contribution < 1.29 is 0 Å². The van der Waals surface area contributed by atoms with Gasteiger partial charge in [0.15, 0.2) is 0 Å². The van der Waals surface area contributed by atoms with Crippen LogP contribution in [0.2, 0.25) is 0 Å². The minimum absolute atomic E-state index is 0.315. The molecule has 0 heterocycles. The minimum Gasteiger partial charge on any atom is -0.192 e. The van der Waals surface area contributed by atoms with Gasteiger partial charge in [-0.25, -0.2) is 0 Å². The fourth-order valence-corrected chi connectivity index (χ4v) is 3.38. The topological polar surface area (TPSA) is 71.4 Å². The van der Waals surface area contributed by atoms with Crippen molar-refractivity contribution in [2.24, 2.45) is 0 Å². The molecule has 0 aliphatic carbocycles. The van der Waals surface area contributed by atoms with Crippen molar-refractivity contribution in [2.45, 2.75) is 0 Å². The van der Waals surface area contributed by atoms with Crippen molar-refractivity contribution >= 4 is 46.4 Å². The summed E-state index contributed by atoms with van der Waals surface area (Å²) in [6, 6.07) is 13.4. The Morgan fingerprint density at radius 1 is 0.923 bits per heavy atom. The first-order valence-corrected chi connectivity index (χ1v) is 7.75. The molecule has 0 unspecified atom stereocenters. The van der Waals surface area contributed by atoms with Crippen LogP contribution in [0.1, 0.15) is 22.3 Å². The molecule has 0 saturated heterocycles. The molecular weight excluding hydrogens is 318 g/mol. The van der Waals surface area contributed by atoms with Crippen LogP contribution in [0.25, 0.3) is 46.4 Å². The van der Waals surface area contributed by atoms with Crippen molar-refractivity contribution in [1.29, 1.82) is 15.8 Å². The predicted molar refractivity (Wildman–Crippen MR) is 106 cm³/mol. The molecule has 0 fully saturated rings. The molecule has 0 aromatic heterocycles. The minimum atomic E-state index is 0.315. The lowest BCUT2D eigenvalue weighted by Crippen LogP contribution is -2.25. The molecule has 3 aromatic carbocycles. The highest BCUT2D eigenvalue weighted by molar-refractivity contribution is 6.15. The number of hydrogen-bond donors (Lipinski definition) is 0. The smallest absolute Gasteiger partial charge is 0.0998 e. The van der Waals surface area contributed by atoms with Crippen LogP contribution in [0.15, 0.2) is 37.4 Å². The normalized spacial score (nSPS) is 10.0. The zero-order chi connectivity index (χ0) is 19.0. The van der Waals surface area contributed by atoms with Gasteiger partial charge in [-0.05, 0) is 32.7 Å². The van der Waals surface area contributed by atoms with E-state index >= 15 is 0 Å². The summed E-state index contributed by atoms with van der Waals surface area (Å²) >= 11 is 0. The lowest BCUT2D eigenvalue weighted by Gasteiger charge is -2.14. The molecule has 0 aliphatic heterocycles. The van der Waals surface area contributed by atoms with Crippen molar-refractivity contribution in [1.82, 2.24) is 0 Å². The zero-order valence-electron chi connectivity index (χ0n) is 14.1. The number of allylic oxidation sites excluding steroid dienone is 1. The van der Waals surface area contributed by atoms with Gasteiger partial charge in [-0.1, -0.05) is 50.6 Å². The van der Waals surface area contributed by atoms with Gasteiger partial charge in [0.05, 0.1) is 34.9 Å². The Morgan fingerprint density at radius 2 is 1.58 bits per heavy atom. The molecule has 0 saturated carbocycles.